The lowest BCUT2D eigenvalue weighted by Gasteiger charge is -2.26. The fourth-order valence-corrected chi connectivity index (χ4v) is 3.21. The van der Waals surface area contributed by atoms with E-state index in [0.717, 1.165) is 35.1 Å². The largest absolute Gasteiger partial charge is 0.384 e. The summed E-state index contributed by atoms with van der Waals surface area (Å²) >= 11 is 0. The Morgan fingerprint density at radius 1 is 1.24 bits per heavy atom. The molecule has 0 spiro atoms. The molecule has 1 fully saturated rings. The van der Waals surface area contributed by atoms with Crippen LogP contribution in [0.1, 0.15) is 52.5 Å². The van der Waals surface area contributed by atoms with Gasteiger partial charge in [0.15, 0.2) is 5.65 Å². The minimum absolute atomic E-state index is 0.345. The van der Waals surface area contributed by atoms with Crippen molar-refractivity contribution in [1.29, 1.82) is 0 Å². The maximum absolute atomic E-state index is 4.58. The third-order valence-corrected chi connectivity index (χ3v) is 4.65. The lowest BCUT2D eigenvalue weighted by Crippen LogP contribution is -2.20. The van der Waals surface area contributed by atoms with Gasteiger partial charge in [-0.05, 0) is 44.6 Å². The molecule has 1 N–H and O–H groups in total. The zero-order valence-corrected chi connectivity index (χ0v) is 13.3. The molecule has 21 heavy (non-hydrogen) atoms. The van der Waals surface area contributed by atoms with Crippen molar-refractivity contribution < 1.29 is 0 Å². The predicted molar refractivity (Wildman–Crippen MR) is 87.5 cm³/mol. The quantitative estimate of drug-likeness (QED) is 0.913. The zero-order valence-electron chi connectivity index (χ0n) is 13.3. The van der Waals surface area contributed by atoms with Gasteiger partial charge < -0.3 is 5.32 Å². The van der Waals surface area contributed by atoms with Crippen molar-refractivity contribution >= 4 is 16.7 Å². The molecule has 1 aliphatic rings. The molecular formula is C17H26N4. The Kier molecular flexibility index (Phi) is 4.13. The number of nitrogens with one attached hydrogen (secondary N) is 1. The minimum Gasteiger partial charge on any atom is -0.384 e. The Labute approximate surface area is 126 Å². The molecule has 0 aliphatic heterocycles. The van der Waals surface area contributed by atoms with Gasteiger partial charge in [-0.25, -0.2) is 9.67 Å². The average molecular weight is 286 g/mol. The number of pyridine rings is 1. The Hall–Kier alpha value is -1.58. The third-order valence-electron chi connectivity index (χ3n) is 4.65. The van der Waals surface area contributed by atoms with E-state index < -0.39 is 0 Å². The molecule has 0 atom stereocenters. The van der Waals surface area contributed by atoms with Crippen LogP contribution in [0, 0.1) is 11.8 Å². The van der Waals surface area contributed by atoms with Crippen LogP contribution in [0.2, 0.25) is 0 Å². The molecule has 2 aromatic rings. The average Bonchev–Trinajstić information content (AvgIpc) is 2.90. The molecule has 4 nitrogen and oxygen atoms in total. The Morgan fingerprint density at radius 2 is 2.00 bits per heavy atom. The highest BCUT2D eigenvalue weighted by Gasteiger charge is 2.18. The summed E-state index contributed by atoms with van der Waals surface area (Å²) in [7, 11) is 0. The number of rotatable bonds is 4. The minimum atomic E-state index is 0.345. The summed E-state index contributed by atoms with van der Waals surface area (Å²) in [5.74, 6) is 1.73. The molecule has 0 radical (unpaired) electrons. The molecule has 3 rings (SSSR count). The fraction of sp³-hybridized carbons (Fsp3) is 0.647. The van der Waals surface area contributed by atoms with Gasteiger partial charge in [-0.1, -0.05) is 19.8 Å². The van der Waals surface area contributed by atoms with Gasteiger partial charge in [-0.15, -0.1) is 0 Å². The molecule has 0 unspecified atom stereocenters. The summed E-state index contributed by atoms with van der Waals surface area (Å²) in [4.78, 5) is 4.58. The number of hydrogen-bond donors (Lipinski definition) is 1. The van der Waals surface area contributed by atoms with Gasteiger partial charge in [0, 0.05) is 18.0 Å². The van der Waals surface area contributed by atoms with E-state index in [0.29, 0.717) is 6.04 Å². The van der Waals surface area contributed by atoms with E-state index in [2.05, 4.69) is 42.2 Å². The highest BCUT2D eigenvalue weighted by Crippen LogP contribution is 2.28. The summed E-state index contributed by atoms with van der Waals surface area (Å²) < 4.78 is 1.97. The molecule has 0 bridgehead atoms. The van der Waals surface area contributed by atoms with Crippen LogP contribution in [0.15, 0.2) is 18.5 Å². The van der Waals surface area contributed by atoms with Crippen molar-refractivity contribution in [1.82, 2.24) is 14.8 Å². The van der Waals surface area contributed by atoms with E-state index in [1.54, 1.807) is 0 Å². The van der Waals surface area contributed by atoms with Gasteiger partial charge in [0.05, 0.1) is 18.1 Å². The molecule has 0 amide bonds. The van der Waals surface area contributed by atoms with Crippen LogP contribution in [-0.2, 0) is 0 Å². The van der Waals surface area contributed by atoms with E-state index in [-0.39, 0.29) is 0 Å². The third kappa shape index (κ3) is 3.20. The van der Waals surface area contributed by atoms with Crippen LogP contribution < -0.4 is 5.32 Å². The molecule has 114 valence electrons. The summed E-state index contributed by atoms with van der Waals surface area (Å²) in [6.07, 6.45) is 9.32. The van der Waals surface area contributed by atoms with Crippen LogP contribution in [0.3, 0.4) is 0 Å². The first kappa shape index (κ1) is 14.4. The van der Waals surface area contributed by atoms with E-state index in [4.69, 9.17) is 0 Å². The molecule has 2 aromatic heterocycles. The maximum atomic E-state index is 4.58. The van der Waals surface area contributed by atoms with Gasteiger partial charge in [-0.2, -0.15) is 5.10 Å². The fourth-order valence-electron chi connectivity index (χ4n) is 3.21. The van der Waals surface area contributed by atoms with Crippen molar-refractivity contribution in [3.05, 3.63) is 18.5 Å². The highest BCUT2D eigenvalue weighted by atomic mass is 15.3. The first-order valence-corrected chi connectivity index (χ1v) is 8.20. The van der Waals surface area contributed by atoms with Crippen molar-refractivity contribution in [2.75, 3.05) is 11.9 Å². The zero-order chi connectivity index (χ0) is 14.8. The van der Waals surface area contributed by atoms with Gasteiger partial charge in [0.25, 0.3) is 0 Å². The van der Waals surface area contributed by atoms with Crippen LogP contribution >= 0.6 is 0 Å². The molecule has 4 heteroatoms. The van der Waals surface area contributed by atoms with Crippen molar-refractivity contribution in [2.24, 2.45) is 11.8 Å². The van der Waals surface area contributed by atoms with E-state index >= 15 is 0 Å². The lowest BCUT2D eigenvalue weighted by atomic mass is 9.83. The summed E-state index contributed by atoms with van der Waals surface area (Å²) in [6, 6.07) is 2.51. The van der Waals surface area contributed by atoms with Crippen LogP contribution in [0.4, 0.5) is 5.69 Å². The Balaban J connectivity index is 1.65. The highest BCUT2D eigenvalue weighted by molar-refractivity contribution is 5.78. The summed E-state index contributed by atoms with van der Waals surface area (Å²) in [5, 5.41) is 9.10. The van der Waals surface area contributed by atoms with E-state index in [1.165, 1.54) is 25.7 Å². The molecule has 1 aliphatic carbocycles. The smallest absolute Gasteiger partial charge is 0.158 e. The topological polar surface area (TPSA) is 42.7 Å². The lowest BCUT2D eigenvalue weighted by molar-refractivity contribution is 0.300. The molecule has 0 saturated heterocycles. The monoisotopic (exact) mass is 286 g/mol. The molecule has 1 saturated carbocycles. The number of aromatic nitrogens is 3. The van der Waals surface area contributed by atoms with Gasteiger partial charge in [0.1, 0.15) is 0 Å². The molecule has 2 heterocycles. The van der Waals surface area contributed by atoms with Gasteiger partial charge in [-0.3, -0.25) is 0 Å². The maximum Gasteiger partial charge on any atom is 0.158 e. The summed E-state index contributed by atoms with van der Waals surface area (Å²) in [6.45, 7) is 7.70. The summed E-state index contributed by atoms with van der Waals surface area (Å²) in [5.41, 5.74) is 2.09. The van der Waals surface area contributed by atoms with Crippen LogP contribution in [0.5, 0.6) is 0 Å². The van der Waals surface area contributed by atoms with Gasteiger partial charge in [0.2, 0.25) is 0 Å². The van der Waals surface area contributed by atoms with Crippen LogP contribution in [-0.4, -0.2) is 21.3 Å². The second-order valence-electron chi connectivity index (χ2n) is 6.83. The molecule has 0 aromatic carbocycles. The Morgan fingerprint density at radius 3 is 2.71 bits per heavy atom. The normalized spacial score (nSPS) is 22.9. The van der Waals surface area contributed by atoms with E-state index in [9.17, 15) is 0 Å². The second kappa shape index (κ2) is 6.04. The number of anilines is 1. The van der Waals surface area contributed by atoms with Crippen molar-refractivity contribution in [2.45, 2.75) is 52.5 Å². The second-order valence-corrected chi connectivity index (χ2v) is 6.83. The SMILES string of the molecule is CC1CCC(CNc2cnc3c(cnn3C(C)C)c2)CC1. The number of nitrogens with zero attached hydrogens (tertiary/aromatic N) is 3. The van der Waals surface area contributed by atoms with Gasteiger partial charge >= 0.3 is 0 Å². The first-order valence-electron chi connectivity index (χ1n) is 8.20. The van der Waals surface area contributed by atoms with Crippen LogP contribution in [0.25, 0.3) is 11.0 Å². The predicted octanol–water partition coefficient (Wildman–Crippen LogP) is 4.25. The first-order chi connectivity index (χ1) is 10.1. The number of fused-ring (bicyclic) bond motifs is 1. The Bertz CT molecular complexity index is 594. The van der Waals surface area contributed by atoms with Crippen molar-refractivity contribution in [3.8, 4) is 0 Å². The standard InChI is InChI=1S/C17H26N4/c1-12(2)21-17-15(10-20-21)8-16(11-19-17)18-9-14-6-4-13(3)5-7-14/h8,10-14,18H,4-7,9H2,1-3H3. The van der Waals surface area contributed by atoms with E-state index in [1.807, 2.05) is 17.1 Å². The molecular weight excluding hydrogens is 260 g/mol. The van der Waals surface area contributed by atoms with Crippen molar-refractivity contribution in [3.63, 3.8) is 0 Å². The number of hydrogen-bond acceptors (Lipinski definition) is 3.